The number of rotatable bonds is 7. The molecular formula is C25H25F4N7O3S. The van der Waals surface area contributed by atoms with Crippen molar-refractivity contribution in [2.45, 2.75) is 40.8 Å². The van der Waals surface area contributed by atoms with E-state index in [0.717, 1.165) is 12.1 Å². The Morgan fingerprint density at radius 1 is 1.15 bits per heavy atom. The fraction of sp³-hybridized carbons (Fsp3) is 0.320. The van der Waals surface area contributed by atoms with E-state index in [9.17, 15) is 26.9 Å². The molecule has 1 aliphatic heterocycles. The van der Waals surface area contributed by atoms with Crippen LogP contribution in [0.15, 0.2) is 52.9 Å². The van der Waals surface area contributed by atoms with Crippen LogP contribution in [0.4, 0.5) is 29.1 Å². The molecule has 0 radical (unpaired) electrons. The molecule has 0 bridgehead atoms. The van der Waals surface area contributed by atoms with E-state index in [1.807, 2.05) is 0 Å². The lowest BCUT2D eigenvalue weighted by Gasteiger charge is -2.44. The van der Waals surface area contributed by atoms with E-state index in [0.29, 0.717) is 13.0 Å². The van der Waals surface area contributed by atoms with Gasteiger partial charge in [0.15, 0.2) is 23.0 Å². The molecule has 0 aliphatic carbocycles. The minimum absolute atomic E-state index is 0.0372. The average molecular weight is 580 g/mol. The lowest BCUT2D eigenvalue weighted by molar-refractivity contribution is -0.0529. The van der Waals surface area contributed by atoms with E-state index in [-0.39, 0.29) is 57.0 Å². The Morgan fingerprint density at radius 3 is 2.65 bits per heavy atom. The molecule has 1 aliphatic rings. The molecule has 4 aromatic rings. The number of halogens is 4. The lowest BCUT2D eigenvalue weighted by atomic mass is 9.84. The summed E-state index contributed by atoms with van der Waals surface area (Å²) in [5.41, 5.74) is 10.7. The van der Waals surface area contributed by atoms with Crippen LogP contribution in [0.25, 0.3) is 16.9 Å². The summed E-state index contributed by atoms with van der Waals surface area (Å²) in [6.07, 6.45) is 0.870. The summed E-state index contributed by atoms with van der Waals surface area (Å²) in [5, 5.41) is 10.3. The van der Waals surface area contributed by atoms with Gasteiger partial charge in [0, 0.05) is 37.1 Å². The highest BCUT2D eigenvalue weighted by molar-refractivity contribution is 7.85. The Bertz CT molecular complexity index is 1600. The molecule has 4 heterocycles. The number of piperidine rings is 1. The third-order valence-corrected chi connectivity index (χ3v) is 8.31. The summed E-state index contributed by atoms with van der Waals surface area (Å²) in [7, 11) is -0.815. The summed E-state index contributed by atoms with van der Waals surface area (Å²) in [4.78, 5) is 14.1. The zero-order valence-electron chi connectivity index (χ0n) is 21.1. The highest BCUT2D eigenvalue weighted by Crippen LogP contribution is 2.36. The first-order chi connectivity index (χ1) is 19.0. The standard InChI is InChI=1S/C25H25F4N7O3S/c1-39-18-8-14(26)13(7-15(18)27)16-9-19(40(38)20-11-34-24-23(30)32-4-6-36(20)24)17(10-33-16)35-5-2-3-25(31,12-35)21(37)22(28)29/h4,6-11,21-22,37H,2-3,5,12,31H2,1H3,(H2,30,32)/t21-,25+,40?/m0/s1. The summed E-state index contributed by atoms with van der Waals surface area (Å²) in [5.74, 6) is -1.86. The molecule has 0 spiro atoms. The van der Waals surface area contributed by atoms with Crippen LogP contribution < -0.4 is 21.1 Å². The Kier molecular flexibility index (Phi) is 7.37. The first-order valence-electron chi connectivity index (χ1n) is 12.1. The fourth-order valence-corrected chi connectivity index (χ4v) is 6.11. The zero-order chi connectivity index (χ0) is 28.8. The number of imidazole rings is 1. The molecule has 0 saturated carbocycles. The number of aliphatic hydroxyl groups excluding tert-OH is 1. The number of pyridine rings is 1. The zero-order valence-corrected chi connectivity index (χ0v) is 21.9. The average Bonchev–Trinajstić information content (AvgIpc) is 3.38. The second-order valence-corrected chi connectivity index (χ2v) is 10.8. The number of hydrogen-bond donors (Lipinski definition) is 3. The van der Waals surface area contributed by atoms with Crippen LogP contribution in [0, 0.1) is 11.6 Å². The van der Waals surface area contributed by atoms with Crippen LogP contribution in [0.3, 0.4) is 0 Å². The smallest absolute Gasteiger partial charge is 0.265 e. The van der Waals surface area contributed by atoms with E-state index < -0.39 is 40.5 Å². The Hall–Kier alpha value is -3.82. The van der Waals surface area contributed by atoms with E-state index in [2.05, 4.69) is 15.0 Å². The molecule has 1 saturated heterocycles. The summed E-state index contributed by atoms with van der Waals surface area (Å²) < 4.78 is 76.7. The van der Waals surface area contributed by atoms with Crippen LogP contribution in [-0.2, 0) is 10.8 Å². The number of benzene rings is 1. The molecule has 3 atom stereocenters. The Balaban J connectivity index is 1.65. The highest BCUT2D eigenvalue weighted by atomic mass is 32.2. The molecule has 5 N–H and O–H groups in total. The quantitative estimate of drug-likeness (QED) is 0.282. The first-order valence-corrected chi connectivity index (χ1v) is 13.2. The Morgan fingerprint density at radius 2 is 1.93 bits per heavy atom. The molecule has 212 valence electrons. The molecule has 0 amide bonds. The van der Waals surface area contributed by atoms with Crippen LogP contribution in [0.5, 0.6) is 5.75 Å². The van der Waals surface area contributed by atoms with Crippen LogP contribution in [0.1, 0.15) is 12.8 Å². The number of nitrogen functional groups attached to an aromatic ring is 1. The van der Waals surface area contributed by atoms with Gasteiger partial charge in [0.05, 0.1) is 41.3 Å². The summed E-state index contributed by atoms with van der Waals surface area (Å²) >= 11 is 0. The van der Waals surface area contributed by atoms with Crippen molar-refractivity contribution < 1.29 is 31.6 Å². The molecule has 1 aromatic carbocycles. The van der Waals surface area contributed by atoms with Crippen molar-refractivity contribution in [1.82, 2.24) is 19.4 Å². The van der Waals surface area contributed by atoms with Gasteiger partial charge in [0.2, 0.25) is 0 Å². The number of methoxy groups -OCH3 is 1. The van der Waals surface area contributed by atoms with Gasteiger partial charge in [0.25, 0.3) is 6.43 Å². The van der Waals surface area contributed by atoms with Gasteiger partial charge in [-0.2, -0.15) is 0 Å². The maximum Gasteiger partial charge on any atom is 0.265 e. The topological polar surface area (TPSA) is 145 Å². The third kappa shape index (κ3) is 4.84. The monoisotopic (exact) mass is 579 g/mol. The number of anilines is 2. The second-order valence-electron chi connectivity index (χ2n) is 9.41. The number of fused-ring (bicyclic) bond motifs is 1. The third-order valence-electron chi connectivity index (χ3n) is 6.90. The van der Waals surface area contributed by atoms with Gasteiger partial charge in [-0.1, -0.05) is 0 Å². The number of alkyl halides is 2. The van der Waals surface area contributed by atoms with E-state index in [4.69, 9.17) is 16.2 Å². The largest absolute Gasteiger partial charge is 0.494 e. The van der Waals surface area contributed by atoms with E-state index in [1.165, 1.54) is 42.4 Å². The van der Waals surface area contributed by atoms with E-state index >= 15 is 0 Å². The Labute approximate surface area is 228 Å². The van der Waals surface area contributed by atoms with Crippen molar-refractivity contribution in [3.63, 3.8) is 0 Å². The van der Waals surface area contributed by atoms with Gasteiger partial charge >= 0.3 is 0 Å². The van der Waals surface area contributed by atoms with Gasteiger partial charge in [0.1, 0.15) is 27.7 Å². The van der Waals surface area contributed by atoms with Crippen molar-refractivity contribution in [3.8, 4) is 17.0 Å². The number of hydrogen-bond acceptors (Lipinski definition) is 9. The molecule has 1 fully saturated rings. The van der Waals surface area contributed by atoms with Crippen LogP contribution >= 0.6 is 0 Å². The fourth-order valence-electron chi connectivity index (χ4n) is 4.82. The molecule has 15 heteroatoms. The van der Waals surface area contributed by atoms with Crippen molar-refractivity contribution in [2.75, 3.05) is 30.8 Å². The maximum absolute atomic E-state index is 15.0. The molecule has 5 rings (SSSR count). The molecule has 3 aromatic heterocycles. The second kappa shape index (κ2) is 10.6. The lowest BCUT2D eigenvalue weighted by Crippen LogP contribution is -2.63. The summed E-state index contributed by atoms with van der Waals surface area (Å²) in [6.45, 7) is 0.134. The predicted molar refractivity (Wildman–Crippen MR) is 139 cm³/mol. The van der Waals surface area contributed by atoms with E-state index in [1.54, 1.807) is 4.90 Å². The normalized spacial score (nSPS) is 19.2. The van der Waals surface area contributed by atoms with Crippen LogP contribution in [0.2, 0.25) is 0 Å². The van der Waals surface area contributed by atoms with Gasteiger partial charge in [-0.15, -0.1) is 0 Å². The number of nitrogens with two attached hydrogens (primary N) is 2. The highest BCUT2D eigenvalue weighted by Gasteiger charge is 2.43. The van der Waals surface area contributed by atoms with Gasteiger partial charge < -0.3 is 26.2 Å². The molecule has 10 nitrogen and oxygen atoms in total. The molecule has 40 heavy (non-hydrogen) atoms. The predicted octanol–water partition coefficient (Wildman–Crippen LogP) is 2.75. The number of aromatic nitrogens is 4. The minimum atomic E-state index is -3.07. The number of ether oxygens (including phenoxy) is 1. The van der Waals surface area contributed by atoms with Crippen LogP contribution in [-0.4, -0.2) is 66.9 Å². The first kappa shape index (κ1) is 27.7. The van der Waals surface area contributed by atoms with Gasteiger partial charge in [-0.25, -0.2) is 31.7 Å². The molecule has 1 unspecified atom stereocenters. The SMILES string of the molecule is COc1cc(F)c(-c2cc(S(=O)c3cnc4c(N)nccn34)c(N3CCC[C@](N)([C@@H](O)C(F)F)C3)cn2)cc1F. The van der Waals surface area contributed by atoms with Gasteiger partial charge in [-0.05, 0) is 25.0 Å². The van der Waals surface area contributed by atoms with Crippen molar-refractivity contribution >= 4 is 28.0 Å². The summed E-state index contributed by atoms with van der Waals surface area (Å²) in [6, 6.07) is 3.11. The van der Waals surface area contributed by atoms with Crippen molar-refractivity contribution in [1.29, 1.82) is 0 Å². The minimum Gasteiger partial charge on any atom is -0.494 e. The van der Waals surface area contributed by atoms with Crippen molar-refractivity contribution in [2.24, 2.45) is 5.73 Å². The van der Waals surface area contributed by atoms with Gasteiger partial charge in [-0.3, -0.25) is 9.38 Å². The number of aliphatic hydroxyl groups is 1. The molecular weight excluding hydrogens is 554 g/mol. The number of nitrogens with zero attached hydrogens (tertiary/aromatic N) is 5. The maximum atomic E-state index is 15.0. The van der Waals surface area contributed by atoms with Crippen molar-refractivity contribution in [3.05, 3.63) is 54.6 Å².